The van der Waals surface area contributed by atoms with Crippen molar-refractivity contribution in [2.45, 2.75) is 84.0 Å². The number of aliphatic carboxylic acids is 1. The van der Waals surface area contributed by atoms with Gasteiger partial charge in [0.25, 0.3) is 0 Å². The highest BCUT2D eigenvalue weighted by Crippen LogP contribution is 2.12. The molecule has 21 heavy (non-hydrogen) atoms. The molecule has 0 spiro atoms. The molecule has 0 aliphatic rings. The van der Waals surface area contributed by atoms with E-state index in [1.54, 1.807) is 0 Å². The first-order valence-corrected chi connectivity index (χ1v) is 10.2. The molecule has 126 valence electrons. The number of unbranched alkanes of at least 4 members (excludes halogenated alkanes) is 11. The number of sulfone groups is 1. The summed E-state index contributed by atoms with van der Waals surface area (Å²) in [5.74, 6) is -1.98. The molecular weight excluding hydrogens is 288 g/mol. The Morgan fingerprint density at radius 3 is 1.52 bits per heavy atom. The molecule has 4 nitrogen and oxygen atoms in total. The van der Waals surface area contributed by atoms with Gasteiger partial charge in [-0.3, -0.25) is 4.79 Å². The van der Waals surface area contributed by atoms with E-state index in [0.29, 0.717) is 6.42 Å². The molecule has 0 aromatic rings. The van der Waals surface area contributed by atoms with Gasteiger partial charge in [-0.15, -0.1) is 0 Å². The van der Waals surface area contributed by atoms with Crippen LogP contribution < -0.4 is 0 Å². The normalized spacial score (nSPS) is 11.7. The lowest BCUT2D eigenvalue weighted by atomic mass is 10.1. The first-order valence-electron chi connectivity index (χ1n) is 8.40. The topological polar surface area (TPSA) is 71.4 Å². The van der Waals surface area contributed by atoms with E-state index in [0.717, 1.165) is 19.3 Å². The quantitative estimate of drug-likeness (QED) is 0.459. The van der Waals surface area contributed by atoms with Crippen molar-refractivity contribution in [2.75, 3.05) is 11.5 Å². The minimum absolute atomic E-state index is 0.0106. The van der Waals surface area contributed by atoms with Gasteiger partial charge in [-0.25, -0.2) is 8.42 Å². The van der Waals surface area contributed by atoms with Crippen LogP contribution in [0.2, 0.25) is 0 Å². The predicted octanol–water partition coefficient (Wildman–Crippen LogP) is 4.19. The summed E-state index contributed by atoms with van der Waals surface area (Å²) in [7, 11) is -3.39. The molecule has 0 heterocycles. The SMILES string of the molecule is CCCCCCCCCCCCCCS(=O)(=O)CC(=O)O. The van der Waals surface area contributed by atoms with Gasteiger partial charge in [0.1, 0.15) is 5.75 Å². The second kappa shape index (κ2) is 13.1. The molecule has 0 fully saturated rings. The Kier molecular flexibility index (Phi) is 12.7. The molecule has 0 aromatic carbocycles. The van der Waals surface area contributed by atoms with Crippen molar-refractivity contribution in [2.24, 2.45) is 0 Å². The lowest BCUT2D eigenvalue weighted by Gasteiger charge is -2.03. The van der Waals surface area contributed by atoms with E-state index in [4.69, 9.17) is 5.11 Å². The third-order valence-electron chi connectivity index (χ3n) is 3.65. The summed E-state index contributed by atoms with van der Waals surface area (Å²) in [6.07, 6.45) is 14.2. The highest BCUT2D eigenvalue weighted by atomic mass is 32.2. The Labute approximate surface area is 130 Å². The third-order valence-corrected chi connectivity index (χ3v) is 5.25. The maximum Gasteiger partial charge on any atom is 0.318 e. The summed E-state index contributed by atoms with van der Waals surface area (Å²) >= 11 is 0. The molecule has 0 atom stereocenters. The molecule has 0 bridgehead atoms. The minimum Gasteiger partial charge on any atom is -0.480 e. The number of carboxylic acids is 1. The Morgan fingerprint density at radius 1 is 0.762 bits per heavy atom. The number of rotatable bonds is 15. The molecular formula is C16H32O4S. The van der Waals surface area contributed by atoms with Gasteiger partial charge in [-0.05, 0) is 6.42 Å². The Hall–Kier alpha value is -0.580. The molecule has 0 radical (unpaired) electrons. The lowest BCUT2D eigenvalue weighted by molar-refractivity contribution is -0.134. The van der Waals surface area contributed by atoms with Gasteiger partial charge in [0, 0.05) is 0 Å². The van der Waals surface area contributed by atoms with Crippen LogP contribution in [0, 0.1) is 0 Å². The van der Waals surface area contributed by atoms with E-state index < -0.39 is 21.6 Å². The molecule has 0 unspecified atom stereocenters. The Bertz CT molecular complexity index is 349. The van der Waals surface area contributed by atoms with Crippen molar-refractivity contribution in [1.29, 1.82) is 0 Å². The summed E-state index contributed by atoms with van der Waals surface area (Å²) in [5.41, 5.74) is 0. The fourth-order valence-corrected chi connectivity index (χ4v) is 3.59. The van der Waals surface area contributed by atoms with Crippen LogP contribution >= 0.6 is 0 Å². The summed E-state index contributed by atoms with van der Waals surface area (Å²) in [4.78, 5) is 10.4. The van der Waals surface area contributed by atoms with Gasteiger partial charge in [0.2, 0.25) is 0 Å². The zero-order valence-corrected chi connectivity index (χ0v) is 14.3. The average molecular weight is 320 g/mol. The van der Waals surface area contributed by atoms with E-state index >= 15 is 0 Å². The number of carboxylic acid groups (broad SMARTS) is 1. The lowest BCUT2D eigenvalue weighted by Crippen LogP contribution is -2.18. The molecule has 0 rings (SSSR count). The van der Waals surface area contributed by atoms with Crippen molar-refractivity contribution >= 4 is 15.8 Å². The monoisotopic (exact) mass is 320 g/mol. The largest absolute Gasteiger partial charge is 0.480 e. The molecule has 0 saturated heterocycles. The molecule has 0 aliphatic carbocycles. The van der Waals surface area contributed by atoms with Crippen LogP contribution in [0.4, 0.5) is 0 Å². The summed E-state index contributed by atoms with van der Waals surface area (Å²) < 4.78 is 22.7. The van der Waals surface area contributed by atoms with Gasteiger partial charge in [-0.1, -0.05) is 77.6 Å². The molecule has 0 saturated carbocycles. The van der Waals surface area contributed by atoms with Crippen molar-refractivity contribution in [3.63, 3.8) is 0 Å². The molecule has 0 amide bonds. The second-order valence-electron chi connectivity index (χ2n) is 5.87. The van der Waals surface area contributed by atoms with Gasteiger partial charge >= 0.3 is 5.97 Å². The number of hydrogen-bond acceptors (Lipinski definition) is 3. The second-order valence-corrected chi connectivity index (χ2v) is 8.06. The highest BCUT2D eigenvalue weighted by Gasteiger charge is 2.14. The Morgan fingerprint density at radius 2 is 1.14 bits per heavy atom. The van der Waals surface area contributed by atoms with Gasteiger partial charge in [0.05, 0.1) is 5.75 Å². The first-order chi connectivity index (χ1) is 9.98. The minimum atomic E-state index is -3.39. The van der Waals surface area contributed by atoms with E-state index in [9.17, 15) is 13.2 Å². The van der Waals surface area contributed by atoms with Crippen LogP contribution in [0.25, 0.3) is 0 Å². The van der Waals surface area contributed by atoms with Gasteiger partial charge in [0.15, 0.2) is 9.84 Å². The molecule has 5 heteroatoms. The maximum absolute atomic E-state index is 11.3. The van der Waals surface area contributed by atoms with Crippen molar-refractivity contribution < 1.29 is 18.3 Å². The van der Waals surface area contributed by atoms with Crippen LogP contribution in [-0.2, 0) is 14.6 Å². The maximum atomic E-state index is 11.3. The fraction of sp³-hybridized carbons (Fsp3) is 0.938. The smallest absolute Gasteiger partial charge is 0.318 e. The molecule has 1 N–H and O–H groups in total. The standard InChI is InChI=1S/C16H32O4S/c1-2-3-4-5-6-7-8-9-10-11-12-13-14-21(19,20)15-16(17)18/h2-15H2,1H3,(H,17,18). The zero-order chi connectivity index (χ0) is 16.0. The average Bonchev–Trinajstić information content (AvgIpc) is 2.38. The van der Waals surface area contributed by atoms with Crippen molar-refractivity contribution in [3.8, 4) is 0 Å². The van der Waals surface area contributed by atoms with E-state index in [2.05, 4.69) is 6.92 Å². The van der Waals surface area contributed by atoms with Crippen LogP contribution in [-0.4, -0.2) is 31.0 Å². The first kappa shape index (κ1) is 20.4. The van der Waals surface area contributed by atoms with Crippen LogP contribution in [0.15, 0.2) is 0 Å². The van der Waals surface area contributed by atoms with Crippen LogP contribution in [0.5, 0.6) is 0 Å². The Balaban J connectivity index is 3.28. The van der Waals surface area contributed by atoms with Crippen LogP contribution in [0.1, 0.15) is 84.0 Å². The van der Waals surface area contributed by atoms with Crippen LogP contribution in [0.3, 0.4) is 0 Å². The third kappa shape index (κ3) is 15.6. The van der Waals surface area contributed by atoms with E-state index in [1.165, 1.54) is 51.4 Å². The zero-order valence-electron chi connectivity index (χ0n) is 13.5. The summed E-state index contributed by atoms with van der Waals surface area (Å²) in [6.45, 7) is 2.23. The number of hydrogen-bond donors (Lipinski definition) is 1. The van der Waals surface area contributed by atoms with Crippen molar-refractivity contribution in [3.05, 3.63) is 0 Å². The molecule has 0 aromatic heterocycles. The predicted molar refractivity (Wildman–Crippen MR) is 87.4 cm³/mol. The van der Waals surface area contributed by atoms with E-state index in [1.807, 2.05) is 0 Å². The summed E-state index contributed by atoms with van der Waals surface area (Å²) in [5, 5.41) is 8.46. The van der Waals surface area contributed by atoms with Crippen molar-refractivity contribution in [1.82, 2.24) is 0 Å². The molecule has 0 aliphatic heterocycles. The van der Waals surface area contributed by atoms with E-state index in [-0.39, 0.29) is 5.75 Å². The van der Waals surface area contributed by atoms with Gasteiger partial charge in [-0.2, -0.15) is 0 Å². The summed E-state index contributed by atoms with van der Waals surface area (Å²) in [6, 6.07) is 0. The van der Waals surface area contributed by atoms with Gasteiger partial charge < -0.3 is 5.11 Å². The fourth-order valence-electron chi connectivity index (χ4n) is 2.42. The highest BCUT2D eigenvalue weighted by molar-refractivity contribution is 7.92. The number of carbonyl (C=O) groups is 1.